The van der Waals surface area contributed by atoms with Gasteiger partial charge in [-0.15, -0.1) is 0 Å². The number of rotatable bonds is 41. The smallest absolute Gasteiger partial charge is 0.179 e. The Bertz CT molecular complexity index is 5720. The van der Waals surface area contributed by atoms with Gasteiger partial charge in [0.2, 0.25) is 0 Å². The molecule has 1 aliphatic carbocycles. The quantitative estimate of drug-likeness (QED) is 0.0118. The summed E-state index contributed by atoms with van der Waals surface area (Å²) in [6.07, 6.45) is -4.08. The third kappa shape index (κ3) is 30.3. The molecule has 2 aliphatic heterocycles. The van der Waals surface area contributed by atoms with E-state index in [1.165, 1.54) is 46.3 Å². The van der Waals surface area contributed by atoms with Gasteiger partial charge < -0.3 is 67.8 Å². The average molecular weight is 1880 g/mol. The second-order valence-electron chi connectivity index (χ2n) is 36.2. The molecule has 2 saturated heterocycles. The minimum atomic E-state index is -1.42. The van der Waals surface area contributed by atoms with E-state index in [0.29, 0.717) is 72.3 Å². The third-order valence-corrected chi connectivity index (χ3v) is 26.2. The van der Waals surface area contributed by atoms with Gasteiger partial charge in [0, 0.05) is 41.3 Å². The number of hydrazine groups is 1. The number of nitrogens with zero attached hydrogens (tertiary/aromatic N) is 4. The number of ketones is 2. The number of Topliss-reactive ketones (excluding diaryl/α,β-unsaturated/α-hetero) is 2. The van der Waals surface area contributed by atoms with Gasteiger partial charge in [0.1, 0.15) is 72.6 Å². The first-order chi connectivity index (χ1) is 67.8. The maximum absolute atomic E-state index is 11.3. The average Bonchev–Trinajstić information content (AvgIpc) is 1.65. The summed E-state index contributed by atoms with van der Waals surface area (Å²) in [5, 5.41) is 49.4. The van der Waals surface area contributed by atoms with Crippen LogP contribution < -0.4 is 11.3 Å². The van der Waals surface area contributed by atoms with Crippen molar-refractivity contribution in [2.75, 3.05) is 19.8 Å². The van der Waals surface area contributed by atoms with E-state index in [9.17, 15) is 30.0 Å². The van der Waals surface area contributed by atoms with Crippen molar-refractivity contribution in [3.8, 4) is 0 Å². The molecule has 22 heteroatoms. The number of aliphatic hydroxyl groups excluding tert-OH is 4. The summed E-state index contributed by atoms with van der Waals surface area (Å²) in [4.78, 5) is 22.6. The van der Waals surface area contributed by atoms with Crippen LogP contribution in [-0.4, -0.2) is 145 Å². The van der Waals surface area contributed by atoms with Crippen molar-refractivity contribution in [2.45, 2.75) is 246 Å². The Labute approximate surface area is 819 Å². The van der Waals surface area contributed by atoms with Gasteiger partial charge in [-0.1, -0.05) is 336 Å². The Morgan fingerprint density at radius 3 is 1.01 bits per heavy atom. The van der Waals surface area contributed by atoms with Gasteiger partial charge in [-0.2, -0.15) is 10.2 Å². The third-order valence-electron chi connectivity index (χ3n) is 26.2. The number of hydrogen-bond donors (Lipinski definition) is 6. The Morgan fingerprint density at radius 2 is 0.662 bits per heavy atom. The molecule has 0 radical (unpaired) electrons. The van der Waals surface area contributed by atoms with E-state index in [2.05, 4.69) is 191 Å². The highest BCUT2D eigenvalue weighted by Gasteiger charge is 2.52. The summed E-state index contributed by atoms with van der Waals surface area (Å²) in [6.45, 7) is 21.2. The molecule has 16 rings (SSSR count). The lowest BCUT2D eigenvalue weighted by molar-refractivity contribution is -0.292. The van der Waals surface area contributed by atoms with Crippen LogP contribution in [0.2, 0.25) is 0 Å². The minimum absolute atomic E-state index is 0.0424. The van der Waals surface area contributed by atoms with Crippen LogP contribution in [0.4, 0.5) is 0 Å². The normalized spacial score (nSPS) is 21.2. The molecule has 0 amide bonds. The van der Waals surface area contributed by atoms with E-state index in [-0.39, 0.29) is 48.4 Å². The minimum Gasteiger partial charge on any atom is -0.394 e. The lowest BCUT2D eigenvalue weighted by Crippen LogP contribution is -2.62. The number of aliphatic hydroxyl groups is 4. The lowest BCUT2D eigenvalue weighted by Gasteiger charge is -2.46. The van der Waals surface area contributed by atoms with Crippen LogP contribution >= 0.6 is 0 Å². The molecule has 0 bridgehead atoms. The molecule has 15 atom stereocenters. The Hall–Kier alpha value is -11.5. The first-order valence-corrected chi connectivity index (χ1v) is 48.7. The van der Waals surface area contributed by atoms with Gasteiger partial charge in [0.15, 0.2) is 12.5 Å². The maximum Gasteiger partial charge on any atom is 0.179 e. The van der Waals surface area contributed by atoms with E-state index in [1.54, 1.807) is 0 Å². The molecule has 7 N–H and O–H groups in total. The molecule has 11 aromatic carbocycles. The molecule has 2 aromatic heterocycles. The van der Waals surface area contributed by atoms with Crippen LogP contribution in [0.3, 0.4) is 0 Å². The number of nitrogens with one attached hydrogen (secondary N) is 1. The van der Waals surface area contributed by atoms with Gasteiger partial charge in [0.25, 0.3) is 0 Å². The molecule has 3 fully saturated rings. The molecule has 732 valence electrons. The van der Waals surface area contributed by atoms with Crippen LogP contribution in [0.25, 0.3) is 0 Å². The van der Waals surface area contributed by atoms with Crippen LogP contribution in [0.1, 0.15) is 165 Å². The number of aromatic nitrogens is 4. The first kappa shape index (κ1) is 105. The second-order valence-corrected chi connectivity index (χ2v) is 36.2. The Balaban J connectivity index is 0.000000170. The van der Waals surface area contributed by atoms with E-state index in [1.807, 2.05) is 188 Å². The zero-order valence-electron chi connectivity index (χ0n) is 81.5. The van der Waals surface area contributed by atoms with Crippen molar-refractivity contribution in [1.82, 2.24) is 25.0 Å². The molecule has 3 unspecified atom stereocenters. The number of carbonyl (C=O) groups is 2. The second kappa shape index (κ2) is 54.4. The zero-order valence-corrected chi connectivity index (χ0v) is 81.5. The van der Waals surface area contributed by atoms with E-state index < -0.39 is 73.8 Å². The summed E-state index contributed by atoms with van der Waals surface area (Å²) in [5.74, 6) is 5.62. The highest BCUT2D eigenvalue weighted by atomic mass is 16.6. The monoisotopic (exact) mass is 1880 g/mol. The molecule has 4 heterocycles. The fourth-order valence-corrected chi connectivity index (χ4v) is 18.0. The molecule has 1 saturated carbocycles. The summed E-state index contributed by atoms with van der Waals surface area (Å²) in [6, 6.07) is 107. The number of ether oxygens (including phenoxy) is 10. The molecular weight excluding hydrogens is 1750 g/mol. The number of benzene rings is 11. The fraction of sp³-hybridized carbons (Fsp3) is 0.368. The molecular formula is C117H138N6O16. The van der Waals surface area contributed by atoms with Crippen LogP contribution in [-0.2, 0) is 148 Å². The highest BCUT2D eigenvalue weighted by molar-refractivity contribution is 6.00. The molecule has 0 spiro atoms. The Morgan fingerprint density at radius 1 is 0.360 bits per heavy atom. The molecule has 139 heavy (non-hydrogen) atoms. The number of carbonyl (C=O) groups excluding carboxylic acids is 2. The van der Waals surface area contributed by atoms with Crippen molar-refractivity contribution in [2.24, 2.45) is 17.7 Å². The van der Waals surface area contributed by atoms with E-state index in [4.69, 9.17) is 58.3 Å². The number of aryl methyl sites for hydroxylation is 5. The van der Waals surface area contributed by atoms with Crippen LogP contribution in [0.15, 0.2) is 315 Å². The number of nitrogens with two attached hydrogens (primary N) is 1. The summed E-state index contributed by atoms with van der Waals surface area (Å²) in [7, 11) is 0. The van der Waals surface area contributed by atoms with Crippen molar-refractivity contribution in [3.63, 3.8) is 0 Å². The zero-order chi connectivity index (χ0) is 97.8. The molecule has 13 aromatic rings. The summed E-state index contributed by atoms with van der Waals surface area (Å²) in [5.41, 5.74) is 24.9. The van der Waals surface area contributed by atoms with Gasteiger partial charge in [-0.3, -0.25) is 20.9 Å². The fourth-order valence-electron chi connectivity index (χ4n) is 18.0. The topological polar surface area (TPSA) is 281 Å². The van der Waals surface area contributed by atoms with Gasteiger partial charge >= 0.3 is 0 Å². The van der Waals surface area contributed by atoms with Crippen molar-refractivity contribution >= 4 is 11.6 Å². The van der Waals surface area contributed by atoms with Crippen molar-refractivity contribution in [3.05, 3.63) is 427 Å². The van der Waals surface area contributed by atoms with Crippen molar-refractivity contribution < 1.29 is 77.4 Å². The Kier molecular flexibility index (Phi) is 41.0. The summed E-state index contributed by atoms with van der Waals surface area (Å²) >= 11 is 0. The van der Waals surface area contributed by atoms with Crippen LogP contribution in [0.5, 0.6) is 0 Å². The van der Waals surface area contributed by atoms with E-state index in [0.717, 1.165) is 116 Å². The maximum atomic E-state index is 11.3. The SMILES string of the molecule is CCc1ccc(CC(C(C)=O)C(C)=O)cc1.CCc1ccc(Cc2c(C)nn(C3O[C@H](CO)[C@@H](O)[C@H](O)[C@H]3O)c2C)cc1.CCc1ccc(Cc2c(C)nn(C3O[C@H](COCc4ccccc4)[C@@H](OCc4ccccc4)[C@H](OCc4ccccc4)[C@H]3OCc3ccccc3)c2C)cc1.NNC1C[C@H](COCc2ccccc2)[C@@H](OCc2ccccc2)[C@H](OCc2ccccc2)[C@H]1OCc1ccccc1. The summed E-state index contributed by atoms with van der Waals surface area (Å²) < 4.78 is 69.9. The van der Waals surface area contributed by atoms with Gasteiger partial charge in [0.05, 0.1) is 102 Å². The standard InChI is InChI=1S/C48H52N2O5.C35H40N2O4.C20H28N2O5.C14H18O2/c1-4-37-25-27-38(28-26-37)29-43-35(2)49-50(36(43)3)48-47(54-33-42-23-15-8-16-24-42)46(53-32-41-21-13-7-14-22-41)45(52-31-40-19-11-6-12-20-40)44(55-48)34-51-30-39-17-9-5-10-18-39;36-37-32-21-31(26-38-22-27-13-5-1-6-14-27)33(39-23-28-15-7-2-8-16-28)35(41-25-30-19-11-4-12-20-30)34(32)40-24-29-17-9-3-10-18-29;1-4-13-5-7-14(8-6-13)9-15-11(2)21-22(12(15)3)20-19(26)18(25)17(24)16(10-23)27-20;1-4-12-5-7-13(8-6-12)9-14(10(2)15)11(3)16/h5-28,44-48H,4,29-34H2,1-3H3;1-20,31-35,37H,21-26,36H2;5-8,16-20,23-26H,4,9-10H2,1-3H3;5-8,14H,4,9H2,1-3H3/t44-,45-,46+,47-,48?;31-,32?,33-,34+,35+;16-,17-,18+,19-,20?;/m111./s1. The van der Waals surface area contributed by atoms with E-state index >= 15 is 0 Å². The van der Waals surface area contributed by atoms with Crippen molar-refractivity contribution in [1.29, 1.82) is 0 Å². The van der Waals surface area contributed by atoms with Crippen LogP contribution in [0, 0.1) is 39.5 Å². The predicted octanol–water partition coefficient (Wildman–Crippen LogP) is 18.5. The lowest BCUT2D eigenvalue weighted by atomic mass is 9.79. The largest absolute Gasteiger partial charge is 0.394 e. The number of hydrogen-bond acceptors (Lipinski definition) is 20. The van der Waals surface area contributed by atoms with Gasteiger partial charge in [-0.05, 0) is 152 Å². The van der Waals surface area contributed by atoms with Gasteiger partial charge in [-0.25, -0.2) is 9.36 Å². The molecule has 3 aliphatic rings. The highest BCUT2D eigenvalue weighted by Crippen LogP contribution is 2.40. The predicted molar refractivity (Wildman–Crippen MR) is 539 cm³/mol. The first-order valence-electron chi connectivity index (χ1n) is 48.7. The molecule has 22 nitrogen and oxygen atoms in total.